The number of benzene rings is 3. The lowest BCUT2D eigenvalue weighted by Crippen LogP contribution is -2.17. The highest BCUT2D eigenvalue weighted by molar-refractivity contribution is 6.11. The van der Waals surface area contributed by atoms with Crippen LogP contribution < -0.4 is 15.4 Å². The van der Waals surface area contributed by atoms with Crippen LogP contribution in [0.2, 0.25) is 0 Å². The van der Waals surface area contributed by atoms with Gasteiger partial charge in [0.2, 0.25) is 0 Å². The van der Waals surface area contributed by atoms with Crippen LogP contribution in [0.1, 0.15) is 26.3 Å². The third-order valence-electron chi connectivity index (χ3n) is 4.65. The molecule has 134 valence electrons. The fraction of sp³-hybridized carbons (Fsp3) is 0.0909. The van der Waals surface area contributed by atoms with Crippen LogP contribution >= 0.6 is 0 Å². The lowest BCUT2D eigenvalue weighted by molar-refractivity contribution is 0.0966. The van der Waals surface area contributed by atoms with Crippen molar-refractivity contribution < 1.29 is 14.3 Å². The van der Waals surface area contributed by atoms with E-state index < -0.39 is 0 Å². The van der Waals surface area contributed by atoms with Crippen molar-refractivity contribution in [1.82, 2.24) is 5.32 Å². The van der Waals surface area contributed by atoms with Gasteiger partial charge in [-0.3, -0.25) is 9.59 Å². The summed E-state index contributed by atoms with van der Waals surface area (Å²) < 4.78 is 5.46. The second kappa shape index (κ2) is 6.96. The van der Waals surface area contributed by atoms with Crippen molar-refractivity contribution in [1.29, 1.82) is 0 Å². The smallest absolute Gasteiger partial charge is 0.255 e. The first-order valence-corrected chi connectivity index (χ1v) is 8.63. The summed E-state index contributed by atoms with van der Waals surface area (Å²) >= 11 is 0. The highest BCUT2D eigenvalue weighted by Crippen LogP contribution is 2.38. The molecule has 0 fully saturated rings. The van der Waals surface area contributed by atoms with Gasteiger partial charge in [0.15, 0.2) is 0 Å². The van der Waals surface area contributed by atoms with Gasteiger partial charge in [0.1, 0.15) is 5.75 Å². The first kappa shape index (κ1) is 16.8. The molecule has 0 aliphatic carbocycles. The van der Waals surface area contributed by atoms with Crippen molar-refractivity contribution in [2.75, 3.05) is 12.4 Å². The van der Waals surface area contributed by atoms with Crippen molar-refractivity contribution in [2.24, 2.45) is 0 Å². The van der Waals surface area contributed by atoms with Gasteiger partial charge < -0.3 is 15.4 Å². The summed E-state index contributed by atoms with van der Waals surface area (Å²) in [6.07, 6.45) is 0. The third-order valence-corrected chi connectivity index (χ3v) is 4.65. The van der Waals surface area contributed by atoms with Crippen molar-refractivity contribution >= 4 is 17.5 Å². The maximum atomic E-state index is 12.5. The summed E-state index contributed by atoms with van der Waals surface area (Å²) in [6.45, 7) is 0.413. The summed E-state index contributed by atoms with van der Waals surface area (Å²) in [5.41, 5.74) is 4.23. The number of ether oxygens (including phenoxy) is 1. The maximum absolute atomic E-state index is 12.5. The van der Waals surface area contributed by atoms with Gasteiger partial charge in [-0.15, -0.1) is 0 Å². The number of hydrogen-bond donors (Lipinski definition) is 2. The number of amides is 2. The first-order valence-electron chi connectivity index (χ1n) is 8.63. The summed E-state index contributed by atoms with van der Waals surface area (Å²) in [6, 6.07) is 20.3. The van der Waals surface area contributed by atoms with Crippen LogP contribution in [0.25, 0.3) is 11.1 Å². The zero-order valence-corrected chi connectivity index (χ0v) is 14.8. The molecule has 1 heterocycles. The van der Waals surface area contributed by atoms with Gasteiger partial charge in [-0.25, -0.2) is 0 Å². The molecule has 1 aliphatic rings. The van der Waals surface area contributed by atoms with E-state index in [1.165, 1.54) is 0 Å². The quantitative estimate of drug-likeness (QED) is 0.744. The number of anilines is 1. The van der Waals surface area contributed by atoms with Crippen LogP contribution in [0.15, 0.2) is 66.7 Å². The van der Waals surface area contributed by atoms with Crippen molar-refractivity contribution in [3.05, 3.63) is 83.4 Å². The van der Waals surface area contributed by atoms with Gasteiger partial charge >= 0.3 is 0 Å². The zero-order valence-electron chi connectivity index (χ0n) is 14.8. The number of hydrogen-bond acceptors (Lipinski definition) is 3. The Morgan fingerprint density at radius 3 is 2.48 bits per heavy atom. The Labute approximate surface area is 157 Å². The molecule has 2 amide bonds. The molecular weight excluding hydrogens is 340 g/mol. The van der Waals surface area contributed by atoms with E-state index in [0.29, 0.717) is 23.4 Å². The standard InChI is InChI=1S/C22H18N2O3/c1-27-19-10-6-5-9-16(19)15-11-12-18(20-17(15)13-23-22(20)26)24-21(25)14-7-3-2-4-8-14/h2-12H,13H2,1H3,(H,23,26)(H,24,25). The third kappa shape index (κ3) is 3.04. The molecule has 3 aromatic rings. The Morgan fingerprint density at radius 2 is 1.70 bits per heavy atom. The molecule has 5 heteroatoms. The molecule has 0 atom stereocenters. The van der Waals surface area contributed by atoms with Crippen LogP contribution in [0.5, 0.6) is 5.75 Å². The molecule has 0 radical (unpaired) electrons. The van der Waals surface area contributed by atoms with Gasteiger partial charge in [0, 0.05) is 17.7 Å². The summed E-state index contributed by atoms with van der Waals surface area (Å²) in [7, 11) is 1.62. The molecular formula is C22H18N2O3. The predicted molar refractivity (Wildman–Crippen MR) is 104 cm³/mol. The van der Waals surface area contributed by atoms with Crippen LogP contribution in [-0.4, -0.2) is 18.9 Å². The zero-order chi connectivity index (χ0) is 18.8. The van der Waals surface area contributed by atoms with Crippen LogP contribution in [0, 0.1) is 0 Å². The van der Waals surface area contributed by atoms with Crippen LogP contribution in [-0.2, 0) is 6.54 Å². The van der Waals surface area contributed by atoms with E-state index in [9.17, 15) is 9.59 Å². The molecule has 0 saturated heterocycles. The molecule has 0 bridgehead atoms. The maximum Gasteiger partial charge on any atom is 0.255 e. The second-order valence-corrected chi connectivity index (χ2v) is 6.22. The minimum Gasteiger partial charge on any atom is -0.496 e. The van der Waals surface area contributed by atoms with Gasteiger partial charge in [-0.05, 0) is 35.4 Å². The van der Waals surface area contributed by atoms with Crippen molar-refractivity contribution in [3.8, 4) is 16.9 Å². The second-order valence-electron chi connectivity index (χ2n) is 6.22. The van der Waals surface area contributed by atoms with E-state index in [1.54, 1.807) is 37.4 Å². The topological polar surface area (TPSA) is 67.4 Å². The first-order chi connectivity index (χ1) is 13.2. The lowest BCUT2D eigenvalue weighted by atomic mass is 9.95. The van der Waals surface area contributed by atoms with E-state index in [-0.39, 0.29) is 11.8 Å². The SMILES string of the molecule is COc1ccccc1-c1ccc(NC(=O)c2ccccc2)c2c1CNC2=O. The number of methoxy groups -OCH3 is 1. The van der Waals surface area contributed by atoms with Gasteiger partial charge in [-0.2, -0.15) is 0 Å². The number of carbonyl (C=O) groups excluding carboxylic acids is 2. The molecule has 5 nitrogen and oxygen atoms in total. The Hall–Kier alpha value is -3.60. The number of nitrogens with one attached hydrogen (secondary N) is 2. The summed E-state index contributed by atoms with van der Waals surface area (Å²) in [5, 5.41) is 5.72. The molecule has 2 N–H and O–H groups in total. The molecule has 0 unspecified atom stereocenters. The fourth-order valence-electron chi connectivity index (χ4n) is 3.36. The average Bonchev–Trinajstić information content (AvgIpc) is 3.11. The van der Waals surface area contributed by atoms with Gasteiger partial charge in [0.05, 0.1) is 18.4 Å². The minimum atomic E-state index is -0.248. The number of fused-ring (bicyclic) bond motifs is 1. The summed E-state index contributed by atoms with van der Waals surface area (Å²) in [5.74, 6) is 0.299. The molecule has 0 spiro atoms. The van der Waals surface area contributed by atoms with E-state index in [4.69, 9.17) is 4.74 Å². The number of para-hydroxylation sites is 1. The highest BCUT2D eigenvalue weighted by Gasteiger charge is 2.27. The van der Waals surface area contributed by atoms with Gasteiger partial charge in [-0.1, -0.05) is 42.5 Å². The Balaban J connectivity index is 1.77. The van der Waals surface area contributed by atoms with E-state index in [0.717, 1.165) is 22.4 Å². The van der Waals surface area contributed by atoms with Crippen LogP contribution in [0.4, 0.5) is 5.69 Å². The summed E-state index contributed by atoms with van der Waals surface area (Å²) in [4.78, 5) is 25.0. The monoisotopic (exact) mass is 358 g/mol. The predicted octanol–water partition coefficient (Wildman–Crippen LogP) is 3.86. The Bertz CT molecular complexity index is 1030. The minimum absolute atomic E-state index is 0.190. The molecule has 27 heavy (non-hydrogen) atoms. The van der Waals surface area contributed by atoms with Gasteiger partial charge in [0.25, 0.3) is 11.8 Å². The molecule has 4 rings (SSSR count). The number of carbonyl (C=O) groups is 2. The number of rotatable bonds is 4. The normalized spacial score (nSPS) is 12.3. The van der Waals surface area contributed by atoms with Crippen molar-refractivity contribution in [3.63, 3.8) is 0 Å². The van der Waals surface area contributed by atoms with Crippen molar-refractivity contribution in [2.45, 2.75) is 6.54 Å². The Morgan fingerprint density at radius 1 is 0.963 bits per heavy atom. The van der Waals surface area contributed by atoms with E-state index in [1.807, 2.05) is 36.4 Å². The van der Waals surface area contributed by atoms with E-state index >= 15 is 0 Å². The highest BCUT2D eigenvalue weighted by atomic mass is 16.5. The largest absolute Gasteiger partial charge is 0.496 e. The molecule has 3 aromatic carbocycles. The molecule has 0 aromatic heterocycles. The lowest BCUT2D eigenvalue weighted by Gasteiger charge is -2.14. The molecule has 0 saturated carbocycles. The Kier molecular flexibility index (Phi) is 4.34. The average molecular weight is 358 g/mol. The van der Waals surface area contributed by atoms with E-state index in [2.05, 4.69) is 10.6 Å². The molecule has 1 aliphatic heterocycles. The van der Waals surface area contributed by atoms with Crippen LogP contribution in [0.3, 0.4) is 0 Å². The fourth-order valence-corrected chi connectivity index (χ4v) is 3.36.